The van der Waals surface area contributed by atoms with Gasteiger partial charge in [-0.3, -0.25) is 4.79 Å². The Hall–Kier alpha value is -1.67. The molecular weight excluding hydrogens is 499 g/mol. The van der Waals surface area contributed by atoms with Crippen LogP contribution in [0.15, 0.2) is 46.2 Å². The van der Waals surface area contributed by atoms with Crippen molar-refractivity contribution < 1.29 is 27.4 Å². The number of esters is 1. The zero-order valence-corrected chi connectivity index (χ0v) is 21.0. The van der Waals surface area contributed by atoms with E-state index in [0.717, 1.165) is 6.42 Å². The first kappa shape index (κ1) is 26.6. The Morgan fingerprint density at radius 2 is 1.59 bits per heavy atom. The standard InChI is InChI=1S/C22H25Cl3O6S/c1-4-14(2)12-30-22-20(24)9-19(10-21(22)25)32(27,28)18-7-5-16(6-8-18)29-13-17(11-23)31-15(3)26/h5-10,14,17H,4,11-13H2,1-3H3/t14-,17-/m0/s1. The average Bonchev–Trinajstić information content (AvgIpc) is 2.75. The van der Waals surface area contributed by atoms with E-state index in [4.69, 9.17) is 49.0 Å². The van der Waals surface area contributed by atoms with Gasteiger partial charge >= 0.3 is 5.97 Å². The lowest BCUT2D eigenvalue weighted by molar-refractivity contribution is -0.146. The van der Waals surface area contributed by atoms with Gasteiger partial charge in [-0.15, -0.1) is 11.6 Å². The Morgan fingerprint density at radius 1 is 1.00 bits per heavy atom. The van der Waals surface area contributed by atoms with Gasteiger partial charge in [0.1, 0.15) is 18.5 Å². The van der Waals surface area contributed by atoms with Crippen LogP contribution in [0.3, 0.4) is 0 Å². The van der Waals surface area contributed by atoms with Crippen LogP contribution in [0.4, 0.5) is 0 Å². The largest absolute Gasteiger partial charge is 0.490 e. The van der Waals surface area contributed by atoms with Crippen LogP contribution < -0.4 is 9.47 Å². The predicted octanol–water partition coefficient (Wildman–Crippen LogP) is 5.80. The van der Waals surface area contributed by atoms with Gasteiger partial charge < -0.3 is 14.2 Å². The molecule has 2 rings (SSSR count). The molecule has 0 aliphatic carbocycles. The van der Waals surface area contributed by atoms with Crippen LogP contribution in [-0.4, -0.2) is 39.6 Å². The van der Waals surface area contributed by atoms with Gasteiger partial charge in [0.25, 0.3) is 0 Å². The van der Waals surface area contributed by atoms with Crippen molar-refractivity contribution in [2.24, 2.45) is 5.92 Å². The lowest BCUT2D eigenvalue weighted by Crippen LogP contribution is -2.25. The molecule has 0 saturated heterocycles. The van der Waals surface area contributed by atoms with E-state index in [0.29, 0.717) is 18.3 Å². The van der Waals surface area contributed by atoms with E-state index in [1.54, 1.807) is 0 Å². The summed E-state index contributed by atoms with van der Waals surface area (Å²) in [7, 11) is -3.88. The number of hydrogen-bond acceptors (Lipinski definition) is 6. The summed E-state index contributed by atoms with van der Waals surface area (Å²) >= 11 is 18.3. The van der Waals surface area contributed by atoms with Crippen molar-refractivity contribution in [2.75, 3.05) is 19.1 Å². The molecule has 0 heterocycles. The van der Waals surface area contributed by atoms with Crippen molar-refractivity contribution in [2.45, 2.75) is 43.1 Å². The Balaban J connectivity index is 2.16. The summed E-state index contributed by atoms with van der Waals surface area (Å²) in [5, 5.41) is 0.244. The lowest BCUT2D eigenvalue weighted by atomic mass is 10.1. The molecule has 0 N–H and O–H groups in total. The average molecular weight is 524 g/mol. The minimum absolute atomic E-state index is 0.0402. The van der Waals surface area contributed by atoms with E-state index < -0.39 is 21.9 Å². The van der Waals surface area contributed by atoms with Crippen LogP contribution >= 0.6 is 34.8 Å². The van der Waals surface area contributed by atoms with Crippen molar-refractivity contribution >= 4 is 50.6 Å². The van der Waals surface area contributed by atoms with Gasteiger partial charge in [-0.25, -0.2) is 8.42 Å². The second kappa shape index (κ2) is 12.0. The number of hydrogen-bond donors (Lipinski definition) is 0. The molecule has 0 saturated carbocycles. The van der Waals surface area contributed by atoms with Gasteiger partial charge in [0.15, 0.2) is 5.75 Å². The highest BCUT2D eigenvalue weighted by Crippen LogP contribution is 2.37. The molecule has 32 heavy (non-hydrogen) atoms. The first-order valence-corrected chi connectivity index (χ1v) is 12.7. The molecule has 0 aliphatic heterocycles. The molecule has 0 spiro atoms. The summed E-state index contributed by atoms with van der Waals surface area (Å²) in [6.45, 7) is 5.81. The van der Waals surface area contributed by atoms with E-state index >= 15 is 0 Å². The zero-order valence-electron chi connectivity index (χ0n) is 17.9. The molecule has 0 bridgehead atoms. The zero-order chi connectivity index (χ0) is 23.9. The predicted molar refractivity (Wildman–Crippen MR) is 125 cm³/mol. The van der Waals surface area contributed by atoms with Crippen molar-refractivity contribution in [3.05, 3.63) is 46.4 Å². The summed E-state index contributed by atoms with van der Waals surface area (Å²) in [6, 6.07) is 8.45. The van der Waals surface area contributed by atoms with Crippen molar-refractivity contribution in [1.29, 1.82) is 0 Å². The topological polar surface area (TPSA) is 78.9 Å². The number of ether oxygens (including phenoxy) is 3. The highest BCUT2D eigenvalue weighted by molar-refractivity contribution is 7.91. The normalized spacial score (nSPS) is 13.3. The molecule has 6 nitrogen and oxygen atoms in total. The lowest BCUT2D eigenvalue weighted by Gasteiger charge is -2.16. The number of benzene rings is 2. The second-order valence-electron chi connectivity index (χ2n) is 7.21. The second-order valence-corrected chi connectivity index (χ2v) is 10.3. The summed E-state index contributed by atoms with van der Waals surface area (Å²) in [4.78, 5) is 11.0. The number of carbonyl (C=O) groups excluding carboxylic acids is 1. The van der Waals surface area contributed by atoms with Crippen LogP contribution in [0.1, 0.15) is 27.2 Å². The van der Waals surface area contributed by atoms with E-state index in [1.165, 1.54) is 43.3 Å². The molecule has 2 atom stereocenters. The van der Waals surface area contributed by atoms with Crippen LogP contribution in [-0.2, 0) is 19.4 Å². The molecule has 2 aromatic carbocycles. The molecule has 0 aliphatic rings. The van der Waals surface area contributed by atoms with Crippen LogP contribution in [0.2, 0.25) is 10.0 Å². The number of rotatable bonds is 11. The highest BCUT2D eigenvalue weighted by atomic mass is 35.5. The maximum Gasteiger partial charge on any atom is 0.303 e. The maximum absolute atomic E-state index is 13.0. The van der Waals surface area contributed by atoms with E-state index in [1.807, 2.05) is 13.8 Å². The minimum Gasteiger partial charge on any atom is -0.490 e. The number of alkyl halides is 1. The number of carbonyl (C=O) groups is 1. The summed E-state index contributed by atoms with van der Waals surface area (Å²) in [6.07, 6.45) is 0.320. The quantitative estimate of drug-likeness (QED) is 0.273. The highest BCUT2D eigenvalue weighted by Gasteiger charge is 2.22. The van der Waals surface area contributed by atoms with Gasteiger partial charge in [0.05, 0.1) is 32.3 Å². The van der Waals surface area contributed by atoms with Crippen molar-refractivity contribution in [3.63, 3.8) is 0 Å². The molecule has 176 valence electrons. The molecule has 10 heteroatoms. The fourth-order valence-corrected chi connectivity index (χ4v) is 4.75. The van der Waals surface area contributed by atoms with Crippen LogP contribution in [0, 0.1) is 5.92 Å². The minimum atomic E-state index is -3.88. The fourth-order valence-electron chi connectivity index (χ4n) is 2.56. The van der Waals surface area contributed by atoms with Gasteiger partial charge in [-0.1, -0.05) is 43.5 Å². The Morgan fingerprint density at radius 3 is 2.09 bits per heavy atom. The Labute approximate surface area is 203 Å². The third-order valence-electron chi connectivity index (χ3n) is 4.57. The van der Waals surface area contributed by atoms with Crippen molar-refractivity contribution in [1.82, 2.24) is 0 Å². The number of sulfone groups is 1. The van der Waals surface area contributed by atoms with Gasteiger partial charge in [-0.2, -0.15) is 0 Å². The molecule has 0 amide bonds. The first-order chi connectivity index (χ1) is 15.1. The number of halogens is 3. The molecular formula is C22H25Cl3O6S. The van der Waals surface area contributed by atoms with E-state index in [2.05, 4.69) is 0 Å². The summed E-state index contributed by atoms with van der Waals surface area (Å²) in [5.74, 6) is 0.577. The summed E-state index contributed by atoms with van der Waals surface area (Å²) in [5.41, 5.74) is 0. The molecule has 0 radical (unpaired) electrons. The van der Waals surface area contributed by atoms with Crippen LogP contribution in [0.25, 0.3) is 0 Å². The van der Waals surface area contributed by atoms with Crippen LogP contribution in [0.5, 0.6) is 11.5 Å². The molecule has 0 unspecified atom stereocenters. The monoisotopic (exact) mass is 522 g/mol. The third kappa shape index (κ3) is 7.17. The molecule has 0 aromatic heterocycles. The van der Waals surface area contributed by atoms with E-state index in [9.17, 15) is 13.2 Å². The van der Waals surface area contributed by atoms with E-state index in [-0.39, 0.29) is 38.1 Å². The van der Waals surface area contributed by atoms with Gasteiger partial charge in [-0.05, 0) is 42.3 Å². The third-order valence-corrected chi connectivity index (χ3v) is 7.22. The fraction of sp³-hybridized carbons (Fsp3) is 0.409. The summed E-state index contributed by atoms with van der Waals surface area (Å²) < 4.78 is 42.3. The van der Waals surface area contributed by atoms with Gasteiger partial charge in [0.2, 0.25) is 9.84 Å². The first-order valence-electron chi connectivity index (χ1n) is 9.91. The Bertz CT molecular complexity index is 1000. The van der Waals surface area contributed by atoms with Crippen molar-refractivity contribution in [3.8, 4) is 11.5 Å². The maximum atomic E-state index is 13.0. The smallest absolute Gasteiger partial charge is 0.303 e. The molecule has 2 aromatic rings. The SMILES string of the molecule is CC[C@H](C)COc1c(Cl)cc(S(=O)(=O)c2ccc(OC[C@H](CCl)OC(C)=O)cc2)cc1Cl. The van der Waals surface area contributed by atoms with Gasteiger partial charge in [0, 0.05) is 6.92 Å². The molecule has 0 fully saturated rings. The Kier molecular flexibility index (Phi) is 9.95.